The number of carbonyl (C=O) groups excluding carboxylic acids is 2. The lowest BCUT2D eigenvalue weighted by molar-refractivity contribution is -0.120. The van der Waals surface area contributed by atoms with E-state index in [4.69, 9.17) is 15.2 Å². The number of aromatic nitrogens is 1. The molecule has 35 heavy (non-hydrogen) atoms. The van der Waals surface area contributed by atoms with Crippen LogP contribution in [0.1, 0.15) is 5.56 Å². The minimum absolute atomic E-state index is 0.0208. The number of nitrogens with zero attached hydrogens (tertiary/aromatic N) is 2. The molecule has 4 N–H and O–H groups in total. The highest BCUT2D eigenvalue weighted by Gasteiger charge is 2.16. The summed E-state index contributed by atoms with van der Waals surface area (Å²) < 4.78 is 37.6. The van der Waals surface area contributed by atoms with Crippen LogP contribution in [0, 0.1) is 11.3 Å². The second-order valence-electron chi connectivity index (χ2n) is 6.76. The molecule has 1 aromatic heterocycles. The summed E-state index contributed by atoms with van der Waals surface area (Å²) in [5, 5.41) is 13.9. The first kappa shape index (κ1) is 25.2. The zero-order valence-electron chi connectivity index (χ0n) is 18.2. The van der Waals surface area contributed by atoms with Crippen LogP contribution in [0.4, 0.5) is 10.8 Å². The van der Waals surface area contributed by atoms with Gasteiger partial charge < -0.3 is 20.5 Å². The van der Waals surface area contributed by atoms with Crippen LogP contribution < -0.4 is 25.2 Å². The molecule has 0 aliphatic heterocycles. The van der Waals surface area contributed by atoms with Gasteiger partial charge >= 0.3 is 0 Å². The molecular formula is C22H19N5O6S2. The molecule has 3 aromatic rings. The van der Waals surface area contributed by atoms with Gasteiger partial charge in [-0.15, -0.1) is 11.3 Å². The maximum Gasteiger partial charge on any atom is 0.266 e. The number of amides is 2. The number of thiazole rings is 1. The topological polar surface area (TPSA) is 174 Å². The van der Waals surface area contributed by atoms with E-state index in [1.807, 2.05) is 6.07 Å². The molecule has 0 saturated carbocycles. The summed E-state index contributed by atoms with van der Waals surface area (Å²) in [5.74, 6) is -0.801. The first-order valence-corrected chi connectivity index (χ1v) is 12.1. The Balaban J connectivity index is 1.72. The van der Waals surface area contributed by atoms with Gasteiger partial charge in [-0.3, -0.25) is 14.3 Å². The van der Waals surface area contributed by atoms with E-state index in [1.165, 1.54) is 55.8 Å². The zero-order valence-corrected chi connectivity index (χ0v) is 19.9. The SMILES string of the molecule is COc1cc(/C=C(\C#N)C(=O)Nc2ccc(S(=O)(=O)Nc3nccs3)cc2)ccc1OCC(N)=O. The number of anilines is 2. The Kier molecular flexibility index (Phi) is 8.03. The van der Waals surface area contributed by atoms with E-state index in [0.717, 1.165) is 11.3 Å². The van der Waals surface area contributed by atoms with E-state index in [-0.39, 0.29) is 39.4 Å². The third-order valence-corrected chi connectivity index (χ3v) is 6.48. The minimum Gasteiger partial charge on any atom is -0.493 e. The second-order valence-corrected chi connectivity index (χ2v) is 9.33. The number of hydrogen-bond acceptors (Lipinski definition) is 9. The van der Waals surface area contributed by atoms with Gasteiger partial charge in [0.25, 0.3) is 21.8 Å². The quantitative estimate of drug-likeness (QED) is 0.274. The van der Waals surface area contributed by atoms with E-state index >= 15 is 0 Å². The van der Waals surface area contributed by atoms with Crippen molar-refractivity contribution in [3.8, 4) is 17.6 Å². The van der Waals surface area contributed by atoms with Gasteiger partial charge in [-0.2, -0.15) is 5.26 Å². The van der Waals surface area contributed by atoms with Crippen molar-refractivity contribution >= 4 is 50.1 Å². The molecule has 1 heterocycles. The molecule has 0 spiro atoms. The number of hydrogen-bond donors (Lipinski definition) is 3. The zero-order chi connectivity index (χ0) is 25.4. The van der Waals surface area contributed by atoms with Crippen molar-refractivity contribution in [3.63, 3.8) is 0 Å². The van der Waals surface area contributed by atoms with Crippen molar-refractivity contribution in [2.45, 2.75) is 4.90 Å². The molecule has 0 aliphatic carbocycles. The molecular weight excluding hydrogens is 494 g/mol. The summed E-state index contributed by atoms with van der Waals surface area (Å²) in [4.78, 5) is 27.4. The molecule has 0 radical (unpaired) electrons. The normalized spacial score (nSPS) is 11.3. The maximum absolute atomic E-state index is 12.6. The number of rotatable bonds is 10. The highest BCUT2D eigenvalue weighted by molar-refractivity contribution is 7.93. The summed E-state index contributed by atoms with van der Waals surface area (Å²) in [7, 11) is -2.44. The molecule has 2 aromatic carbocycles. The van der Waals surface area contributed by atoms with Gasteiger partial charge in [-0.25, -0.2) is 13.4 Å². The molecule has 0 aliphatic rings. The molecule has 0 bridgehead atoms. The number of sulfonamides is 1. The van der Waals surface area contributed by atoms with Crippen LogP contribution in [0.15, 0.2) is 64.5 Å². The fourth-order valence-electron chi connectivity index (χ4n) is 2.72. The molecule has 13 heteroatoms. The minimum atomic E-state index is -3.84. The van der Waals surface area contributed by atoms with Crippen molar-refractivity contribution in [1.82, 2.24) is 4.98 Å². The number of methoxy groups -OCH3 is 1. The number of benzene rings is 2. The van der Waals surface area contributed by atoms with Crippen LogP contribution in [-0.2, 0) is 19.6 Å². The van der Waals surface area contributed by atoms with Gasteiger partial charge in [0.1, 0.15) is 11.6 Å². The Morgan fingerprint density at radius 1 is 1.20 bits per heavy atom. The lowest BCUT2D eigenvalue weighted by Crippen LogP contribution is -2.20. The molecule has 0 saturated heterocycles. The summed E-state index contributed by atoms with van der Waals surface area (Å²) >= 11 is 1.14. The van der Waals surface area contributed by atoms with E-state index in [0.29, 0.717) is 5.56 Å². The standard InChI is InChI=1S/C22H19N5O6S2/c1-32-19-11-14(2-7-18(19)33-13-20(24)28)10-15(12-23)21(29)26-16-3-5-17(6-4-16)35(30,31)27-22-25-8-9-34-22/h2-11H,13H2,1H3,(H2,24,28)(H,25,27)(H,26,29)/b15-10+. The van der Waals surface area contributed by atoms with Crippen molar-refractivity contribution in [3.05, 3.63) is 65.2 Å². The summed E-state index contributed by atoms with van der Waals surface area (Å²) in [6.45, 7) is -0.335. The van der Waals surface area contributed by atoms with Crippen LogP contribution in [-0.4, -0.2) is 38.9 Å². The first-order chi connectivity index (χ1) is 16.7. The smallest absolute Gasteiger partial charge is 0.266 e. The largest absolute Gasteiger partial charge is 0.493 e. The maximum atomic E-state index is 12.6. The molecule has 2 amide bonds. The van der Waals surface area contributed by atoms with Gasteiger partial charge in [-0.05, 0) is 48.0 Å². The van der Waals surface area contributed by atoms with Gasteiger partial charge in [0.15, 0.2) is 23.2 Å². The molecule has 0 atom stereocenters. The third-order valence-electron chi connectivity index (χ3n) is 4.31. The third kappa shape index (κ3) is 6.79. The van der Waals surface area contributed by atoms with E-state index in [1.54, 1.807) is 11.4 Å². The number of carbonyl (C=O) groups is 2. The van der Waals surface area contributed by atoms with Crippen LogP contribution in [0.2, 0.25) is 0 Å². The number of nitriles is 1. The highest BCUT2D eigenvalue weighted by atomic mass is 32.2. The molecule has 3 rings (SSSR count). The van der Waals surface area contributed by atoms with Gasteiger partial charge in [0, 0.05) is 17.3 Å². The lowest BCUT2D eigenvalue weighted by Gasteiger charge is -2.10. The summed E-state index contributed by atoms with van der Waals surface area (Å²) in [6.07, 6.45) is 2.82. The predicted octanol–water partition coefficient (Wildman–Crippen LogP) is 2.36. The number of ether oxygens (including phenoxy) is 2. The average Bonchev–Trinajstić information content (AvgIpc) is 3.34. The fraction of sp³-hybridized carbons (Fsp3) is 0.0909. The van der Waals surface area contributed by atoms with E-state index in [2.05, 4.69) is 15.0 Å². The van der Waals surface area contributed by atoms with Crippen molar-refractivity contribution < 1.29 is 27.5 Å². The van der Waals surface area contributed by atoms with Crippen LogP contribution in [0.25, 0.3) is 6.08 Å². The molecule has 0 fully saturated rings. The monoisotopic (exact) mass is 513 g/mol. The highest BCUT2D eigenvalue weighted by Crippen LogP contribution is 2.29. The van der Waals surface area contributed by atoms with Crippen LogP contribution in [0.5, 0.6) is 11.5 Å². The van der Waals surface area contributed by atoms with E-state index in [9.17, 15) is 23.3 Å². The Labute approximate surface area is 204 Å². The lowest BCUT2D eigenvalue weighted by atomic mass is 10.1. The van der Waals surface area contributed by atoms with Gasteiger partial charge in [0.05, 0.1) is 12.0 Å². The van der Waals surface area contributed by atoms with Crippen molar-refractivity contribution in [2.24, 2.45) is 5.73 Å². The van der Waals surface area contributed by atoms with Crippen molar-refractivity contribution in [2.75, 3.05) is 23.8 Å². The molecule has 180 valence electrons. The van der Waals surface area contributed by atoms with Gasteiger partial charge in [0.2, 0.25) is 0 Å². The van der Waals surface area contributed by atoms with Crippen LogP contribution in [0.3, 0.4) is 0 Å². The molecule has 11 nitrogen and oxygen atoms in total. The van der Waals surface area contributed by atoms with Crippen molar-refractivity contribution in [1.29, 1.82) is 5.26 Å². The Morgan fingerprint density at radius 3 is 2.54 bits per heavy atom. The number of nitrogens with two attached hydrogens (primary N) is 1. The van der Waals surface area contributed by atoms with E-state index < -0.39 is 21.8 Å². The predicted molar refractivity (Wildman–Crippen MR) is 129 cm³/mol. The number of nitrogens with one attached hydrogen (secondary N) is 2. The first-order valence-electron chi connectivity index (χ1n) is 9.76. The Morgan fingerprint density at radius 2 is 1.94 bits per heavy atom. The Bertz CT molecular complexity index is 1400. The molecule has 0 unspecified atom stereocenters. The Hall–Kier alpha value is -4.41. The summed E-state index contributed by atoms with van der Waals surface area (Å²) in [5.41, 5.74) is 5.62. The fourth-order valence-corrected chi connectivity index (χ4v) is 4.51. The average molecular weight is 514 g/mol. The second kappa shape index (κ2) is 11.1. The summed E-state index contributed by atoms with van der Waals surface area (Å²) in [6, 6.07) is 11.9. The van der Waals surface area contributed by atoms with Gasteiger partial charge in [-0.1, -0.05) is 6.07 Å². The van der Waals surface area contributed by atoms with Crippen LogP contribution >= 0.6 is 11.3 Å². The number of primary amides is 1.